The molecule has 0 radical (unpaired) electrons. The maximum absolute atomic E-state index is 12.7. The minimum absolute atomic E-state index is 0.0335. The number of nitrogens with one attached hydrogen (secondary N) is 1. The second-order valence-corrected chi connectivity index (χ2v) is 9.34. The third-order valence-electron chi connectivity index (χ3n) is 6.23. The zero-order chi connectivity index (χ0) is 23.3. The van der Waals surface area contributed by atoms with Crippen molar-refractivity contribution in [1.82, 2.24) is 15.3 Å². The van der Waals surface area contributed by atoms with Crippen LogP contribution in [-0.2, 0) is 11.3 Å². The molecule has 0 spiro atoms. The smallest absolute Gasteiger partial charge is 0.223 e. The van der Waals surface area contributed by atoms with Crippen LogP contribution in [0.4, 0.5) is 5.69 Å². The Bertz CT molecular complexity index is 1250. The van der Waals surface area contributed by atoms with Crippen molar-refractivity contribution in [3.8, 4) is 17.0 Å². The predicted octanol–water partition coefficient (Wildman–Crippen LogP) is 5.29. The summed E-state index contributed by atoms with van der Waals surface area (Å²) in [5.74, 6) is 1.02. The quantitative estimate of drug-likeness (QED) is 0.396. The maximum atomic E-state index is 12.7. The molecule has 1 aliphatic rings. The van der Waals surface area contributed by atoms with Crippen molar-refractivity contribution >= 4 is 33.1 Å². The molecule has 1 fully saturated rings. The number of piperidine rings is 1. The number of benzene rings is 1. The van der Waals surface area contributed by atoms with E-state index in [4.69, 9.17) is 9.72 Å². The summed E-state index contributed by atoms with van der Waals surface area (Å²) in [7, 11) is 0. The van der Waals surface area contributed by atoms with Crippen LogP contribution < -0.4 is 15.0 Å². The first kappa shape index (κ1) is 22.3. The second-order valence-electron chi connectivity index (χ2n) is 8.42. The average molecular weight is 473 g/mol. The number of fused-ring (bicyclic) bond motifs is 1. The monoisotopic (exact) mass is 472 g/mol. The minimum Gasteiger partial charge on any atom is -0.494 e. The van der Waals surface area contributed by atoms with Crippen molar-refractivity contribution in [2.45, 2.75) is 26.3 Å². The minimum atomic E-state index is 0.0335. The van der Waals surface area contributed by atoms with Gasteiger partial charge in [0.1, 0.15) is 5.75 Å². The number of amides is 1. The number of anilines is 1. The Kier molecular flexibility index (Phi) is 6.72. The first-order chi connectivity index (χ1) is 16.7. The number of hydrogen-bond donors (Lipinski definition) is 1. The molecule has 1 aromatic carbocycles. The first-order valence-electron chi connectivity index (χ1n) is 11.8. The van der Waals surface area contributed by atoms with Crippen LogP contribution in [0.5, 0.6) is 5.75 Å². The number of pyridine rings is 2. The summed E-state index contributed by atoms with van der Waals surface area (Å²) in [5, 5.41) is 5.15. The predicted molar refractivity (Wildman–Crippen MR) is 137 cm³/mol. The van der Waals surface area contributed by atoms with E-state index in [0.717, 1.165) is 54.1 Å². The summed E-state index contributed by atoms with van der Waals surface area (Å²) in [6.45, 7) is 4.81. The van der Waals surface area contributed by atoms with Crippen molar-refractivity contribution in [3.63, 3.8) is 0 Å². The molecule has 1 saturated heterocycles. The van der Waals surface area contributed by atoms with Gasteiger partial charge in [-0.15, -0.1) is 11.3 Å². The Hall–Kier alpha value is -3.45. The molecule has 0 saturated carbocycles. The Balaban J connectivity index is 1.29. The molecule has 5 rings (SSSR count). The summed E-state index contributed by atoms with van der Waals surface area (Å²) < 4.78 is 6.78. The van der Waals surface area contributed by atoms with Crippen LogP contribution in [0, 0.1) is 5.92 Å². The third-order valence-corrected chi connectivity index (χ3v) is 7.15. The molecule has 4 aromatic rings. The van der Waals surface area contributed by atoms with Gasteiger partial charge in [0.15, 0.2) is 0 Å². The summed E-state index contributed by atoms with van der Waals surface area (Å²) in [6.07, 6.45) is 3.42. The van der Waals surface area contributed by atoms with Gasteiger partial charge in [-0.3, -0.25) is 9.78 Å². The van der Waals surface area contributed by atoms with Crippen molar-refractivity contribution < 1.29 is 9.53 Å². The second kappa shape index (κ2) is 10.2. The average Bonchev–Trinajstić information content (AvgIpc) is 3.37. The SMILES string of the molecule is CCOc1ccc(-c2cc(N3CCC(C(=O)NCc4ccccn4)CC3)c3sccc3n2)cc1. The lowest BCUT2D eigenvalue weighted by atomic mass is 9.95. The molecule has 0 unspecified atom stereocenters. The zero-order valence-corrected chi connectivity index (χ0v) is 20.1. The highest BCUT2D eigenvalue weighted by Gasteiger charge is 2.26. The van der Waals surface area contributed by atoms with Crippen LogP contribution in [-0.4, -0.2) is 35.6 Å². The lowest BCUT2D eigenvalue weighted by molar-refractivity contribution is -0.125. The van der Waals surface area contributed by atoms with Crippen LogP contribution >= 0.6 is 11.3 Å². The highest BCUT2D eigenvalue weighted by atomic mass is 32.1. The Morgan fingerprint density at radius 2 is 1.97 bits per heavy atom. The Morgan fingerprint density at radius 1 is 1.15 bits per heavy atom. The Labute approximate surface area is 203 Å². The van der Waals surface area contributed by atoms with Crippen molar-refractivity contribution in [2.75, 3.05) is 24.6 Å². The molecule has 0 aliphatic carbocycles. The van der Waals surface area contributed by atoms with Gasteiger partial charge < -0.3 is 15.0 Å². The molecule has 1 aliphatic heterocycles. The molecular weight excluding hydrogens is 444 g/mol. The number of carbonyl (C=O) groups is 1. The van der Waals surface area contributed by atoms with Crippen molar-refractivity contribution in [3.05, 3.63) is 71.9 Å². The lowest BCUT2D eigenvalue weighted by Crippen LogP contribution is -2.40. The third kappa shape index (κ3) is 4.89. The Morgan fingerprint density at radius 3 is 2.71 bits per heavy atom. The summed E-state index contributed by atoms with van der Waals surface area (Å²) in [5.41, 5.74) is 5.13. The molecule has 4 heterocycles. The topological polar surface area (TPSA) is 67.3 Å². The van der Waals surface area contributed by atoms with Crippen LogP contribution in [0.25, 0.3) is 21.5 Å². The van der Waals surface area contributed by atoms with E-state index >= 15 is 0 Å². The molecule has 3 aromatic heterocycles. The van der Waals surface area contributed by atoms with E-state index in [2.05, 4.69) is 44.8 Å². The normalized spacial score (nSPS) is 14.3. The number of rotatable bonds is 7. The van der Waals surface area contributed by atoms with E-state index in [0.29, 0.717) is 13.2 Å². The van der Waals surface area contributed by atoms with Gasteiger partial charge in [0, 0.05) is 30.8 Å². The fourth-order valence-corrected chi connectivity index (χ4v) is 5.29. The highest BCUT2D eigenvalue weighted by Crippen LogP contribution is 2.36. The van der Waals surface area contributed by atoms with Crippen LogP contribution in [0.15, 0.2) is 66.2 Å². The standard InChI is InChI=1S/C27H28N4O2S/c1-2-33-22-8-6-19(7-9-22)24-17-25(26-23(30-24)12-16-34-26)31-14-10-20(11-15-31)27(32)29-18-21-5-3-4-13-28-21/h3-9,12-13,16-17,20H,2,10-11,14-15,18H2,1H3,(H,29,32). The van der Waals surface area contributed by atoms with E-state index in [1.165, 1.54) is 10.4 Å². The van der Waals surface area contributed by atoms with E-state index in [1.54, 1.807) is 17.5 Å². The summed E-state index contributed by atoms with van der Waals surface area (Å²) >= 11 is 1.72. The molecule has 1 N–H and O–H groups in total. The number of carbonyl (C=O) groups excluding carboxylic acids is 1. The molecular formula is C27H28N4O2S. The van der Waals surface area contributed by atoms with Gasteiger partial charge in [0.25, 0.3) is 0 Å². The highest BCUT2D eigenvalue weighted by molar-refractivity contribution is 7.17. The van der Waals surface area contributed by atoms with Crippen LogP contribution in [0.3, 0.4) is 0 Å². The van der Waals surface area contributed by atoms with E-state index in [9.17, 15) is 4.79 Å². The van der Waals surface area contributed by atoms with Crippen molar-refractivity contribution in [1.29, 1.82) is 0 Å². The lowest BCUT2D eigenvalue weighted by Gasteiger charge is -2.33. The number of ether oxygens (including phenoxy) is 1. The molecule has 7 heteroatoms. The molecule has 0 atom stereocenters. The van der Waals surface area contributed by atoms with Gasteiger partial charge in [-0.1, -0.05) is 6.07 Å². The number of thiophene rings is 1. The molecule has 6 nitrogen and oxygen atoms in total. The molecule has 174 valence electrons. The molecule has 34 heavy (non-hydrogen) atoms. The summed E-state index contributed by atoms with van der Waals surface area (Å²) in [6, 6.07) is 18.1. The maximum Gasteiger partial charge on any atom is 0.223 e. The van der Waals surface area contributed by atoms with Gasteiger partial charge in [-0.05, 0) is 73.7 Å². The number of nitrogens with zero attached hydrogens (tertiary/aromatic N) is 3. The largest absolute Gasteiger partial charge is 0.494 e. The van der Waals surface area contributed by atoms with Gasteiger partial charge >= 0.3 is 0 Å². The zero-order valence-electron chi connectivity index (χ0n) is 19.2. The van der Waals surface area contributed by atoms with Gasteiger partial charge in [0.05, 0.1) is 40.4 Å². The van der Waals surface area contributed by atoms with E-state index < -0.39 is 0 Å². The van der Waals surface area contributed by atoms with E-state index in [1.807, 2.05) is 37.3 Å². The summed E-state index contributed by atoms with van der Waals surface area (Å²) in [4.78, 5) is 24.3. The van der Waals surface area contributed by atoms with Gasteiger partial charge in [0.2, 0.25) is 5.91 Å². The van der Waals surface area contributed by atoms with E-state index in [-0.39, 0.29) is 11.8 Å². The molecule has 1 amide bonds. The number of hydrogen-bond acceptors (Lipinski definition) is 6. The van der Waals surface area contributed by atoms with Crippen LogP contribution in [0.1, 0.15) is 25.5 Å². The first-order valence-corrected chi connectivity index (χ1v) is 12.6. The fraction of sp³-hybridized carbons (Fsp3) is 0.296. The van der Waals surface area contributed by atoms with Gasteiger partial charge in [-0.25, -0.2) is 4.98 Å². The van der Waals surface area contributed by atoms with Crippen molar-refractivity contribution in [2.24, 2.45) is 5.92 Å². The van der Waals surface area contributed by atoms with Gasteiger partial charge in [-0.2, -0.15) is 0 Å². The molecule has 0 bridgehead atoms. The number of aromatic nitrogens is 2. The van der Waals surface area contributed by atoms with Crippen LogP contribution in [0.2, 0.25) is 0 Å². The fourth-order valence-electron chi connectivity index (χ4n) is 4.42.